The van der Waals surface area contributed by atoms with Crippen LogP contribution in [0.15, 0.2) is 85.1 Å². The number of ether oxygens (including phenoxy) is 3. The van der Waals surface area contributed by atoms with Crippen LogP contribution >= 0.6 is 0 Å². The van der Waals surface area contributed by atoms with Gasteiger partial charge in [-0.3, -0.25) is 14.4 Å². The molecule has 0 saturated carbocycles. The van der Waals surface area contributed by atoms with Crippen molar-refractivity contribution in [3.8, 4) is 0 Å². The Morgan fingerprint density at radius 2 is 0.527 bits per heavy atom. The Labute approximate surface area is 458 Å². The predicted molar refractivity (Wildman–Crippen MR) is 321 cm³/mol. The average Bonchev–Trinajstić information content (AvgIpc) is 3.40. The lowest BCUT2D eigenvalue weighted by Gasteiger charge is -2.18. The van der Waals surface area contributed by atoms with E-state index in [1.165, 1.54) is 154 Å². The molecule has 0 rings (SSSR count). The molecule has 6 nitrogen and oxygen atoms in total. The molecule has 74 heavy (non-hydrogen) atoms. The number of esters is 3. The van der Waals surface area contributed by atoms with Gasteiger partial charge in [0.1, 0.15) is 13.2 Å². The summed E-state index contributed by atoms with van der Waals surface area (Å²) in [4.78, 5) is 37.9. The second kappa shape index (κ2) is 62.1. The summed E-state index contributed by atoms with van der Waals surface area (Å²) in [5, 5.41) is 0. The molecule has 0 saturated heterocycles. The summed E-state index contributed by atoms with van der Waals surface area (Å²) in [5.41, 5.74) is 0. The Hall–Kier alpha value is -3.41. The third-order valence-electron chi connectivity index (χ3n) is 13.7. The van der Waals surface area contributed by atoms with E-state index < -0.39 is 6.10 Å². The molecule has 0 aromatic heterocycles. The highest BCUT2D eigenvalue weighted by molar-refractivity contribution is 5.71. The summed E-state index contributed by atoms with van der Waals surface area (Å²) in [6.07, 6.45) is 82.2. The van der Waals surface area contributed by atoms with E-state index in [-0.39, 0.29) is 37.5 Å². The maximum absolute atomic E-state index is 12.8. The van der Waals surface area contributed by atoms with Gasteiger partial charge in [0.15, 0.2) is 6.10 Å². The van der Waals surface area contributed by atoms with Gasteiger partial charge in [0.25, 0.3) is 0 Å². The zero-order valence-corrected chi connectivity index (χ0v) is 48.8. The van der Waals surface area contributed by atoms with Gasteiger partial charge in [-0.15, -0.1) is 0 Å². The minimum Gasteiger partial charge on any atom is -0.462 e. The van der Waals surface area contributed by atoms with Gasteiger partial charge in [-0.1, -0.05) is 298 Å². The summed E-state index contributed by atoms with van der Waals surface area (Å²) < 4.78 is 16.7. The van der Waals surface area contributed by atoms with Crippen molar-refractivity contribution in [2.45, 2.75) is 316 Å². The Balaban J connectivity index is 4.10. The molecule has 426 valence electrons. The van der Waals surface area contributed by atoms with Crippen molar-refractivity contribution >= 4 is 17.9 Å². The minimum atomic E-state index is -0.790. The molecular formula is C68H118O6. The van der Waals surface area contributed by atoms with Crippen LogP contribution in [0.2, 0.25) is 0 Å². The van der Waals surface area contributed by atoms with Gasteiger partial charge >= 0.3 is 17.9 Å². The molecule has 0 amide bonds. The maximum atomic E-state index is 12.8. The largest absolute Gasteiger partial charge is 0.462 e. The SMILES string of the molecule is CC/C=C\C/C=C\C/C=C\C/C=C\C/C=C\C/C=C\C/C=C\CCCCCC(=O)OC(COC(=O)CCCCCCC)COC(=O)CCCCCCCCCCCCCCCCCCCCCCCCCCCC. The lowest BCUT2D eigenvalue weighted by Crippen LogP contribution is -2.30. The molecule has 0 heterocycles. The molecule has 0 aromatic rings. The first kappa shape index (κ1) is 70.6. The number of rotatable bonds is 57. The molecule has 0 aliphatic heterocycles. The smallest absolute Gasteiger partial charge is 0.306 e. The summed E-state index contributed by atoms with van der Waals surface area (Å²) in [7, 11) is 0. The summed E-state index contributed by atoms with van der Waals surface area (Å²) >= 11 is 0. The van der Waals surface area contributed by atoms with E-state index in [1.54, 1.807) is 0 Å². The number of hydrogen-bond acceptors (Lipinski definition) is 6. The fraction of sp³-hybridized carbons (Fsp3) is 0.750. The van der Waals surface area contributed by atoms with Gasteiger partial charge in [-0.2, -0.15) is 0 Å². The van der Waals surface area contributed by atoms with Crippen LogP contribution in [0.3, 0.4) is 0 Å². The minimum absolute atomic E-state index is 0.0879. The van der Waals surface area contributed by atoms with Crippen molar-refractivity contribution < 1.29 is 28.6 Å². The third-order valence-corrected chi connectivity index (χ3v) is 13.7. The normalized spacial score (nSPS) is 12.6. The van der Waals surface area contributed by atoms with Gasteiger partial charge in [-0.05, 0) is 77.0 Å². The van der Waals surface area contributed by atoms with E-state index in [0.29, 0.717) is 12.8 Å². The van der Waals surface area contributed by atoms with Crippen molar-refractivity contribution in [2.75, 3.05) is 13.2 Å². The molecule has 0 spiro atoms. The lowest BCUT2D eigenvalue weighted by molar-refractivity contribution is -0.167. The first-order valence-electron chi connectivity index (χ1n) is 31.6. The summed E-state index contributed by atoms with van der Waals surface area (Å²) in [6, 6.07) is 0. The second-order valence-electron chi connectivity index (χ2n) is 21.0. The highest BCUT2D eigenvalue weighted by atomic mass is 16.6. The van der Waals surface area contributed by atoms with Crippen LogP contribution in [0.25, 0.3) is 0 Å². The third kappa shape index (κ3) is 59.5. The van der Waals surface area contributed by atoms with E-state index >= 15 is 0 Å². The average molecular weight is 1030 g/mol. The number of hydrogen-bond donors (Lipinski definition) is 0. The maximum Gasteiger partial charge on any atom is 0.306 e. The van der Waals surface area contributed by atoms with Crippen LogP contribution in [0.1, 0.15) is 310 Å². The highest BCUT2D eigenvalue weighted by Gasteiger charge is 2.19. The monoisotopic (exact) mass is 1030 g/mol. The number of unbranched alkanes of at least 4 members (excludes halogenated alkanes) is 32. The van der Waals surface area contributed by atoms with Crippen molar-refractivity contribution in [3.63, 3.8) is 0 Å². The van der Waals surface area contributed by atoms with Gasteiger partial charge in [-0.25, -0.2) is 0 Å². The predicted octanol–water partition coefficient (Wildman–Crippen LogP) is 21.5. The van der Waals surface area contributed by atoms with Crippen molar-refractivity contribution in [2.24, 2.45) is 0 Å². The molecule has 1 unspecified atom stereocenters. The van der Waals surface area contributed by atoms with Crippen LogP contribution in [0.4, 0.5) is 0 Å². The van der Waals surface area contributed by atoms with E-state index in [2.05, 4.69) is 106 Å². The van der Waals surface area contributed by atoms with E-state index in [9.17, 15) is 14.4 Å². The van der Waals surface area contributed by atoms with E-state index in [1.807, 2.05) is 0 Å². The topological polar surface area (TPSA) is 78.9 Å². The quantitative estimate of drug-likeness (QED) is 0.0261. The van der Waals surface area contributed by atoms with Crippen LogP contribution in [0, 0.1) is 0 Å². The van der Waals surface area contributed by atoms with E-state index in [4.69, 9.17) is 14.2 Å². The second-order valence-corrected chi connectivity index (χ2v) is 21.0. The van der Waals surface area contributed by atoms with Crippen LogP contribution in [-0.2, 0) is 28.6 Å². The standard InChI is InChI=1S/C68H118O6/c1-4-7-10-13-15-17-19-21-23-25-27-29-31-33-35-36-38-40-42-44-46-48-50-52-55-58-61-67(70)73-64-65(63-72-66(69)60-57-54-12-9-6-3)74-68(71)62-59-56-53-51-49-47-45-43-41-39-37-34-32-30-28-26-24-22-20-18-16-14-11-8-5-2/h8,11,16,18,22,24,28,30,34,37,41,43,47,49,65H,4-7,9-10,12-15,17,19-21,23,25-27,29,31-33,35-36,38-40,42,44-46,48,50-64H2,1-3H3/b11-8-,18-16-,24-22-,30-28-,37-34-,43-41-,49-47-. The Morgan fingerprint density at radius 3 is 0.824 bits per heavy atom. The van der Waals surface area contributed by atoms with Crippen LogP contribution in [0.5, 0.6) is 0 Å². The Bertz CT molecular complexity index is 1420. The van der Waals surface area contributed by atoms with Gasteiger partial charge < -0.3 is 14.2 Å². The molecule has 0 fully saturated rings. The van der Waals surface area contributed by atoms with Crippen molar-refractivity contribution in [3.05, 3.63) is 85.1 Å². The zero-order valence-electron chi connectivity index (χ0n) is 48.8. The van der Waals surface area contributed by atoms with Crippen molar-refractivity contribution in [1.82, 2.24) is 0 Å². The molecular weight excluding hydrogens is 913 g/mol. The zero-order chi connectivity index (χ0) is 53.6. The molecule has 0 radical (unpaired) electrons. The number of carbonyl (C=O) groups excluding carboxylic acids is 3. The Kier molecular flexibility index (Phi) is 59.3. The molecule has 0 N–H and O–H groups in total. The number of allylic oxidation sites excluding steroid dienone is 14. The summed E-state index contributed by atoms with van der Waals surface area (Å²) in [5.74, 6) is -0.926. The lowest BCUT2D eigenvalue weighted by atomic mass is 10.0. The molecule has 0 aliphatic rings. The van der Waals surface area contributed by atoms with E-state index in [0.717, 1.165) is 116 Å². The molecule has 6 heteroatoms. The van der Waals surface area contributed by atoms with Crippen LogP contribution < -0.4 is 0 Å². The van der Waals surface area contributed by atoms with Gasteiger partial charge in [0, 0.05) is 19.3 Å². The molecule has 0 bridgehead atoms. The van der Waals surface area contributed by atoms with Crippen molar-refractivity contribution in [1.29, 1.82) is 0 Å². The fourth-order valence-electron chi connectivity index (χ4n) is 8.95. The number of carbonyl (C=O) groups is 3. The van der Waals surface area contributed by atoms with Gasteiger partial charge in [0.2, 0.25) is 0 Å². The van der Waals surface area contributed by atoms with Gasteiger partial charge in [0.05, 0.1) is 0 Å². The first-order chi connectivity index (χ1) is 36.5. The molecule has 0 aromatic carbocycles. The van der Waals surface area contributed by atoms with Crippen LogP contribution in [-0.4, -0.2) is 37.2 Å². The first-order valence-corrected chi connectivity index (χ1v) is 31.6. The fourth-order valence-corrected chi connectivity index (χ4v) is 8.95. The Morgan fingerprint density at radius 1 is 0.284 bits per heavy atom. The summed E-state index contributed by atoms with van der Waals surface area (Å²) in [6.45, 7) is 6.44. The molecule has 0 aliphatic carbocycles. The molecule has 1 atom stereocenters. The highest BCUT2D eigenvalue weighted by Crippen LogP contribution is 2.17.